The molecule has 0 spiro atoms. The van der Waals surface area contributed by atoms with E-state index in [1.54, 1.807) is 30.5 Å². The van der Waals surface area contributed by atoms with Crippen LogP contribution in [-0.2, 0) is 4.74 Å². The normalized spacial score (nSPS) is 14.3. The molecular formula is C16H17ClN4O3. The van der Waals surface area contributed by atoms with Crippen LogP contribution in [0.3, 0.4) is 0 Å². The zero-order valence-electron chi connectivity index (χ0n) is 13.2. The Kier molecular flexibility index (Phi) is 5.12. The van der Waals surface area contributed by atoms with Crippen LogP contribution in [0.1, 0.15) is 10.4 Å². The number of amides is 1. The van der Waals surface area contributed by atoms with Crippen LogP contribution < -0.4 is 15.0 Å². The van der Waals surface area contributed by atoms with E-state index in [0.717, 1.165) is 0 Å². The maximum Gasteiger partial charge on any atom is 0.318 e. The van der Waals surface area contributed by atoms with E-state index in [0.29, 0.717) is 48.4 Å². The summed E-state index contributed by atoms with van der Waals surface area (Å²) in [4.78, 5) is 22.9. The maximum atomic E-state index is 12.5. The summed E-state index contributed by atoms with van der Waals surface area (Å²) in [5.74, 6) is 0.335. The molecular weight excluding hydrogens is 332 g/mol. The summed E-state index contributed by atoms with van der Waals surface area (Å²) in [5, 5.41) is 3.34. The Hall–Kier alpha value is -2.38. The van der Waals surface area contributed by atoms with Crippen molar-refractivity contribution in [2.75, 3.05) is 43.6 Å². The van der Waals surface area contributed by atoms with Crippen molar-refractivity contribution in [3.63, 3.8) is 0 Å². The van der Waals surface area contributed by atoms with Gasteiger partial charge in [-0.15, -0.1) is 0 Å². The van der Waals surface area contributed by atoms with Crippen LogP contribution in [0, 0.1) is 0 Å². The topological polar surface area (TPSA) is 76.6 Å². The Bertz CT molecular complexity index is 735. The first-order valence-electron chi connectivity index (χ1n) is 7.48. The van der Waals surface area contributed by atoms with E-state index < -0.39 is 0 Å². The van der Waals surface area contributed by atoms with Crippen molar-refractivity contribution in [3.05, 3.63) is 41.0 Å². The molecule has 1 aromatic carbocycles. The number of aromatic nitrogens is 2. The Morgan fingerprint density at radius 2 is 2.17 bits per heavy atom. The van der Waals surface area contributed by atoms with Gasteiger partial charge in [-0.2, -0.15) is 4.98 Å². The van der Waals surface area contributed by atoms with Gasteiger partial charge < -0.3 is 19.7 Å². The summed E-state index contributed by atoms with van der Waals surface area (Å²) in [6.07, 6.45) is 1.54. The molecule has 1 N–H and O–H groups in total. The minimum Gasteiger partial charge on any atom is -0.467 e. The van der Waals surface area contributed by atoms with Gasteiger partial charge in [0.05, 0.1) is 26.5 Å². The lowest BCUT2D eigenvalue weighted by Gasteiger charge is -2.29. The van der Waals surface area contributed by atoms with Crippen molar-refractivity contribution in [2.45, 2.75) is 0 Å². The number of carbonyl (C=O) groups excluding carboxylic acids is 1. The highest BCUT2D eigenvalue weighted by Crippen LogP contribution is 2.26. The molecule has 8 heteroatoms. The summed E-state index contributed by atoms with van der Waals surface area (Å²) in [7, 11) is 1.50. The molecule has 1 aliphatic heterocycles. The predicted octanol–water partition coefficient (Wildman–Crippen LogP) is 2.23. The molecule has 0 saturated carbocycles. The highest BCUT2D eigenvalue weighted by Gasteiger charge is 2.20. The van der Waals surface area contributed by atoms with Crippen molar-refractivity contribution >= 4 is 29.0 Å². The average molecular weight is 349 g/mol. The molecule has 1 amide bonds. The van der Waals surface area contributed by atoms with Gasteiger partial charge in [-0.05, 0) is 18.2 Å². The molecule has 24 heavy (non-hydrogen) atoms. The van der Waals surface area contributed by atoms with Gasteiger partial charge in [0.25, 0.3) is 5.91 Å². The zero-order valence-corrected chi connectivity index (χ0v) is 13.9. The molecule has 2 aromatic rings. The van der Waals surface area contributed by atoms with Crippen LogP contribution in [0.5, 0.6) is 6.01 Å². The molecule has 0 atom stereocenters. The molecule has 1 saturated heterocycles. The summed E-state index contributed by atoms with van der Waals surface area (Å²) >= 11 is 5.94. The van der Waals surface area contributed by atoms with Crippen molar-refractivity contribution in [1.29, 1.82) is 0 Å². The molecule has 1 aromatic heterocycles. The zero-order chi connectivity index (χ0) is 16.9. The van der Waals surface area contributed by atoms with Crippen LogP contribution in [0.2, 0.25) is 5.02 Å². The number of ether oxygens (including phenoxy) is 2. The number of rotatable bonds is 4. The molecule has 0 radical (unpaired) electrons. The molecule has 1 aliphatic rings. The van der Waals surface area contributed by atoms with Crippen LogP contribution in [0.15, 0.2) is 30.5 Å². The SMILES string of the molecule is COc1ncc(NC(=O)c2cccc(Cl)c2)c(N2CCOCC2)n1. The fourth-order valence-corrected chi connectivity index (χ4v) is 2.57. The van der Waals surface area contributed by atoms with Crippen LogP contribution in [-0.4, -0.2) is 49.3 Å². The smallest absolute Gasteiger partial charge is 0.318 e. The molecule has 3 rings (SSSR count). The largest absolute Gasteiger partial charge is 0.467 e. The summed E-state index contributed by atoms with van der Waals surface area (Å²) < 4.78 is 10.5. The fourth-order valence-electron chi connectivity index (χ4n) is 2.38. The predicted molar refractivity (Wildman–Crippen MR) is 91.0 cm³/mol. The van der Waals surface area contributed by atoms with Crippen molar-refractivity contribution in [3.8, 4) is 6.01 Å². The summed E-state index contributed by atoms with van der Waals surface area (Å²) in [6.45, 7) is 2.57. The Morgan fingerprint density at radius 1 is 1.38 bits per heavy atom. The number of carbonyl (C=O) groups is 1. The van der Waals surface area contributed by atoms with Gasteiger partial charge >= 0.3 is 6.01 Å². The standard InChI is InChI=1S/C16H17ClN4O3/c1-23-16-18-10-13(14(20-16)21-5-7-24-8-6-21)19-15(22)11-3-2-4-12(17)9-11/h2-4,9-10H,5-8H2,1H3,(H,19,22). The average Bonchev–Trinajstić information content (AvgIpc) is 2.62. The molecule has 0 bridgehead atoms. The highest BCUT2D eigenvalue weighted by atomic mass is 35.5. The quantitative estimate of drug-likeness (QED) is 0.913. The lowest BCUT2D eigenvalue weighted by molar-refractivity contribution is 0.102. The van der Waals surface area contributed by atoms with Gasteiger partial charge in [-0.1, -0.05) is 17.7 Å². The second kappa shape index (κ2) is 7.46. The molecule has 7 nitrogen and oxygen atoms in total. The second-order valence-electron chi connectivity index (χ2n) is 5.16. The second-order valence-corrected chi connectivity index (χ2v) is 5.59. The monoisotopic (exact) mass is 348 g/mol. The molecule has 0 unspecified atom stereocenters. The minimum absolute atomic E-state index is 0.247. The van der Waals surface area contributed by atoms with E-state index in [1.165, 1.54) is 7.11 Å². The number of methoxy groups -OCH3 is 1. The number of hydrogen-bond donors (Lipinski definition) is 1. The third-order valence-electron chi connectivity index (χ3n) is 3.57. The van der Waals surface area contributed by atoms with E-state index in [4.69, 9.17) is 21.1 Å². The van der Waals surface area contributed by atoms with Crippen LogP contribution in [0.25, 0.3) is 0 Å². The van der Waals surface area contributed by atoms with Crippen molar-refractivity contribution in [2.24, 2.45) is 0 Å². The first-order chi connectivity index (χ1) is 11.7. The minimum atomic E-state index is -0.277. The number of benzene rings is 1. The number of nitrogens with one attached hydrogen (secondary N) is 1. The Balaban J connectivity index is 1.87. The van der Waals surface area contributed by atoms with E-state index in [2.05, 4.69) is 15.3 Å². The Labute approximate surface area is 144 Å². The number of halogens is 1. The van der Waals surface area contributed by atoms with Crippen LogP contribution in [0.4, 0.5) is 11.5 Å². The molecule has 2 heterocycles. The molecule has 0 aliphatic carbocycles. The van der Waals surface area contributed by atoms with Crippen molar-refractivity contribution in [1.82, 2.24) is 9.97 Å². The number of hydrogen-bond acceptors (Lipinski definition) is 6. The van der Waals surface area contributed by atoms with E-state index in [1.807, 2.05) is 4.90 Å². The van der Waals surface area contributed by atoms with E-state index in [-0.39, 0.29) is 11.9 Å². The third-order valence-corrected chi connectivity index (χ3v) is 3.81. The van der Waals surface area contributed by atoms with Crippen molar-refractivity contribution < 1.29 is 14.3 Å². The van der Waals surface area contributed by atoms with Gasteiger partial charge in [-0.25, -0.2) is 4.98 Å². The number of morpholine rings is 1. The highest BCUT2D eigenvalue weighted by molar-refractivity contribution is 6.31. The lowest BCUT2D eigenvalue weighted by atomic mass is 10.2. The molecule has 1 fully saturated rings. The van der Waals surface area contributed by atoms with Crippen LogP contribution >= 0.6 is 11.6 Å². The van der Waals surface area contributed by atoms with Gasteiger partial charge in [0.15, 0.2) is 5.82 Å². The van der Waals surface area contributed by atoms with E-state index in [9.17, 15) is 4.79 Å². The Morgan fingerprint density at radius 3 is 2.88 bits per heavy atom. The number of anilines is 2. The third kappa shape index (κ3) is 3.74. The fraction of sp³-hybridized carbons (Fsp3) is 0.312. The van der Waals surface area contributed by atoms with Gasteiger partial charge in [0.2, 0.25) is 0 Å². The first kappa shape index (κ1) is 16.5. The van der Waals surface area contributed by atoms with Gasteiger partial charge in [0.1, 0.15) is 5.69 Å². The summed E-state index contributed by atoms with van der Waals surface area (Å²) in [5.41, 5.74) is 0.980. The van der Waals surface area contributed by atoms with Gasteiger partial charge in [0, 0.05) is 23.7 Å². The maximum absolute atomic E-state index is 12.5. The molecule has 126 valence electrons. The first-order valence-corrected chi connectivity index (χ1v) is 7.86. The van der Waals surface area contributed by atoms with Gasteiger partial charge in [-0.3, -0.25) is 4.79 Å². The summed E-state index contributed by atoms with van der Waals surface area (Å²) in [6, 6.07) is 6.99. The number of nitrogens with zero attached hydrogens (tertiary/aromatic N) is 3. The lowest BCUT2D eigenvalue weighted by Crippen LogP contribution is -2.37. The van der Waals surface area contributed by atoms with E-state index >= 15 is 0 Å².